The molecular formula is C40H23N3O3. The summed E-state index contributed by atoms with van der Waals surface area (Å²) in [6.07, 6.45) is 0. The normalized spacial score (nSPS) is 12.0. The molecule has 0 saturated heterocycles. The molecule has 10 aromatic rings. The maximum atomic E-state index is 6.28. The van der Waals surface area contributed by atoms with Crippen LogP contribution in [-0.4, -0.2) is 15.0 Å². The van der Waals surface area contributed by atoms with Gasteiger partial charge in [-0.05, 0) is 67.1 Å². The van der Waals surface area contributed by atoms with Gasteiger partial charge in [-0.25, -0.2) is 15.0 Å². The molecule has 0 N–H and O–H groups in total. The fourth-order valence-corrected chi connectivity index (χ4v) is 6.52. The molecule has 0 saturated carbocycles. The number of hydrogen-bond acceptors (Lipinski definition) is 6. The minimum Gasteiger partial charge on any atom is -0.456 e. The molecule has 0 atom stereocenters. The lowest BCUT2D eigenvalue weighted by atomic mass is 10.1. The van der Waals surface area contributed by atoms with Gasteiger partial charge in [-0.15, -0.1) is 0 Å². The predicted octanol–water partition coefficient (Wildman–Crippen LogP) is 10.9. The summed E-state index contributed by atoms with van der Waals surface area (Å²) in [5, 5.41) is 6.40. The maximum absolute atomic E-state index is 6.28. The van der Waals surface area contributed by atoms with Gasteiger partial charge in [0.25, 0.3) is 0 Å². The zero-order chi connectivity index (χ0) is 30.4. The van der Waals surface area contributed by atoms with Crippen LogP contribution in [0, 0.1) is 6.92 Å². The molecule has 0 unspecified atom stereocenters. The number of aromatic nitrogens is 3. The minimum absolute atomic E-state index is 0.549. The van der Waals surface area contributed by atoms with E-state index in [-0.39, 0.29) is 0 Å². The Morgan fingerprint density at radius 3 is 1.15 bits per heavy atom. The standard InChI is InChI=1S/C40H23N3O3/c1-22-10-14-28-31-17-13-25(21-37(31)46-34(28)18-22)40-42-38(23-11-15-29-26-6-2-4-8-32(26)44-35(29)19-23)41-39(43-40)24-12-16-30-27-7-3-5-9-33(27)45-36(30)20-24/h2-21H,1H3. The van der Waals surface area contributed by atoms with Crippen molar-refractivity contribution in [1.29, 1.82) is 0 Å². The molecule has 4 aromatic heterocycles. The zero-order valence-corrected chi connectivity index (χ0v) is 24.6. The largest absolute Gasteiger partial charge is 0.456 e. The van der Waals surface area contributed by atoms with Crippen LogP contribution in [0.2, 0.25) is 0 Å². The first kappa shape index (κ1) is 25.1. The van der Waals surface area contributed by atoms with Crippen molar-refractivity contribution in [2.45, 2.75) is 6.92 Å². The highest BCUT2D eigenvalue weighted by molar-refractivity contribution is 6.07. The van der Waals surface area contributed by atoms with Crippen molar-refractivity contribution in [3.05, 3.63) is 127 Å². The minimum atomic E-state index is 0.549. The number of rotatable bonds is 3. The van der Waals surface area contributed by atoms with E-state index in [1.54, 1.807) is 0 Å². The van der Waals surface area contributed by atoms with Gasteiger partial charge in [-0.1, -0.05) is 66.7 Å². The third-order valence-electron chi connectivity index (χ3n) is 8.80. The van der Waals surface area contributed by atoms with Gasteiger partial charge >= 0.3 is 0 Å². The first-order valence-electron chi connectivity index (χ1n) is 15.2. The number of furan rings is 3. The number of fused-ring (bicyclic) bond motifs is 9. The highest BCUT2D eigenvalue weighted by Gasteiger charge is 2.17. The van der Waals surface area contributed by atoms with Crippen LogP contribution in [-0.2, 0) is 0 Å². The van der Waals surface area contributed by atoms with Gasteiger partial charge in [-0.2, -0.15) is 0 Å². The summed E-state index contributed by atoms with van der Waals surface area (Å²) in [7, 11) is 0. The molecule has 0 aliphatic rings. The second-order valence-corrected chi connectivity index (χ2v) is 11.7. The molecule has 0 spiro atoms. The quantitative estimate of drug-likeness (QED) is 0.203. The molecule has 4 heterocycles. The Labute approximate surface area is 261 Å². The number of hydrogen-bond donors (Lipinski definition) is 0. The third kappa shape index (κ3) is 3.80. The highest BCUT2D eigenvalue weighted by Crippen LogP contribution is 2.36. The molecule has 0 amide bonds. The Morgan fingerprint density at radius 2 is 0.696 bits per heavy atom. The summed E-state index contributed by atoms with van der Waals surface area (Å²) in [6, 6.07) is 40.8. The van der Waals surface area contributed by atoms with E-state index in [0.717, 1.165) is 88.1 Å². The van der Waals surface area contributed by atoms with Gasteiger partial charge in [0, 0.05) is 49.0 Å². The van der Waals surface area contributed by atoms with Crippen LogP contribution in [0.3, 0.4) is 0 Å². The molecule has 10 rings (SSSR count). The first-order valence-corrected chi connectivity index (χ1v) is 15.2. The molecule has 46 heavy (non-hydrogen) atoms. The SMILES string of the molecule is Cc1ccc2c(c1)oc1cc(-c3nc(-c4ccc5c(c4)oc4ccccc45)nc(-c4ccc5c(c4)oc4ccccc45)n3)ccc12. The summed E-state index contributed by atoms with van der Waals surface area (Å²) < 4.78 is 18.7. The van der Waals surface area contributed by atoms with Crippen LogP contribution in [0.15, 0.2) is 135 Å². The fraction of sp³-hybridized carbons (Fsp3) is 0.0250. The maximum Gasteiger partial charge on any atom is 0.164 e. The smallest absolute Gasteiger partial charge is 0.164 e. The molecule has 0 fully saturated rings. The van der Waals surface area contributed by atoms with E-state index in [1.165, 1.54) is 0 Å². The van der Waals surface area contributed by atoms with Crippen LogP contribution in [0.25, 0.3) is 100.0 Å². The number of para-hydroxylation sites is 2. The molecule has 6 heteroatoms. The Balaban J connectivity index is 1.18. The van der Waals surface area contributed by atoms with E-state index in [1.807, 2.05) is 72.8 Å². The summed E-state index contributed by atoms with van der Waals surface area (Å²) in [5.41, 5.74) is 8.57. The Kier molecular flexibility index (Phi) is 5.11. The molecule has 0 bridgehead atoms. The molecule has 0 radical (unpaired) electrons. The van der Waals surface area contributed by atoms with Crippen molar-refractivity contribution in [3.63, 3.8) is 0 Å². The van der Waals surface area contributed by atoms with Crippen molar-refractivity contribution in [2.24, 2.45) is 0 Å². The second kappa shape index (κ2) is 9.36. The van der Waals surface area contributed by atoms with E-state index >= 15 is 0 Å². The van der Waals surface area contributed by atoms with E-state index in [2.05, 4.69) is 55.5 Å². The van der Waals surface area contributed by atoms with Crippen LogP contribution < -0.4 is 0 Å². The van der Waals surface area contributed by atoms with E-state index < -0.39 is 0 Å². The third-order valence-corrected chi connectivity index (χ3v) is 8.80. The molecule has 6 nitrogen and oxygen atoms in total. The van der Waals surface area contributed by atoms with Gasteiger partial charge in [0.1, 0.15) is 33.5 Å². The lowest BCUT2D eigenvalue weighted by Crippen LogP contribution is -2.00. The summed E-state index contributed by atoms with van der Waals surface area (Å²) in [6.45, 7) is 2.07. The zero-order valence-electron chi connectivity index (χ0n) is 24.6. The van der Waals surface area contributed by atoms with Crippen LogP contribution in [0.1, 0.15) is 5.56 Å². The lowest BCUT2D eigenvalue weighted by Gasteiger charge is -2.08. The van der Waals surface area contributed by atoms with Crippen LogP contribution in [0.5, 0.6) is 0 Å². The van der Waals surface area contributed by atoms with Crippen LogP contribution >= 0.6 is 0 Å². The fourth-order valence-electron chi connectivity index (χ4n) is 6.52. The number of benzene rings is 6. The highest BCUT2D eigenvalue weighted by atomic mass is 16.3. The van der Waals surface area contributed by atoms with Gasteiger partial charge in [0.05, 0.1) is 0 Å². The van der Waals surface area contributed by atoms with E-state index in [0.29, 0.717) is 17.5 Å². The monoisotopic (exact) mass is 593 g/mol. The lowest BCUT2D eigenvalue weighted by molar-refractivity contribution is 0.668. The Hall–Kier alpha value is -6.27. The molecule has 216 valence electrons. The van der Waals surface area contributed by atoms with Crippen molar-refractivity contribution in [1.82, 2.24) is 15.0 Å². The van der Waals surface area contributed by atoms with Gasteiger partial charge in [0.2, 0.25) is 0 Å². The average Bonchev–Trinajstić information content (AvgIpc) is 3.77. The summed E-state index contributed by atoms with van der Waals surface area (Å²) in [4.78, 5) is 15.0. The number of aryl methyl sites for hydroxylation is 1. The predicted molar refractivity (Wildman–Crippen MR) is 183 cm³/mol. The molecule has 6 aromatic carbocycles. The molecule has 0 aliphatic carbocycles. The van der Waals surface area contributed by atoms with Crippen molar-refractivity contribution in [3.8, 4) is 34.2 Å². The van der Waals surface area contributed by atoms with Gasteiger partial charge in [-0.3, -0.25) is 0 Å². The van der Waals surface area contributed by atoms with Crippen molar-refractivity contribution < 1.29 is 13.3 Å². The van der Waals surface area contributed by atoms with Crippen molar-refractivity contribution in [2.75, 3.05) is 0 Å². The second-order valence-electron chi connectivity index (χ2n) is 11.7. The number of nitrogens with zero attached hydrogens (tertiary/aromatic N) is 3. The molecule has 0 aliphatic heterocycles. The van der Waals surface area contributed by atoms with Gasteiger partial charge in [0.15, 0.2) is 17.5 Å². The van der Waals surface area contributed by atoms with E-state index in [9.17, 15) is 0 Å². The Morgan fingerprint density at radius 1 is 0.348 bits per heavy atom. The Bertz CT molecular complexity index is 2710. The van der Waals surface area contributed by atoms with Gasteiger partial charge < -0.3 is 13.3 Å². The topological polar surface area (TPSA) is 78.1 Å². The molecular weight excluding hydrogens is 570 g/mol. The first-order chi connectivity index (χ1) is 22.6. The van der Waals surface area contributed by atoms with E-state index in [4.69, 9.17) is 28.2 Å². The van der Waals surface area contributed by atoms with Crippen molar-refractivity contribution >= 4 is 65.8 Å². The summed E-state index contributed by atoms with van der Waals surface area (Å²) >= 11 is 0. The van der Waals surface area contributed by atoms with Crippen LogP contribution in [0.4, 0.5) is 0 Å². The average molecular weight is 594 g/mol. The summed E-state index contributed by atoms with van der Waals surface area (Å²) in [5.74, 6) is 1.65.